The zero-order valence-corrected chi connectivity index (χ0v) is 9.76. The van der Waals surface area contributed by atoms with Gasteiger partial charge < -0.3 is 4.74 Å². The molecule has 0 unspecified atom stereocenters. The molecule has 0 aromatic heterocycles. The van der Waals surface area contributed by atoms with E-state index in [-0.39, 0.29) is 6.61 Å². The number of carbonyl (C=O) groups is 1. The smallest absolute Gasteiger partial charge is 0.411 e. The van der Waals surface area contributed by atoms with Crippen molar-refractivity contribution in [1.82, 2.24) is 0 Å². The second-order valence-corrected chi connectivity index (χ2v) is 3.54. The molecule has 0 radical (unpaired) electrons. The summed E-state index contributed by atoms with van der Waals surface area (Å²) in [6, 6.07) is 5.14. The van der Waals surface area contributed by atoms with Crippen LogP contribution in [0.1, 0.15) is 18.1 Å². The SMILES string of the molecule is CCOC(=O)Nc1c(C)cc(Cl)cc1C#N. The molecule has 1 N–H and O–H groups in total. The van der Waals surface area contributed by atoms with E-state index in [1.807, 2.05) is 6.07 Å². The largest absolute Gasteiger partial charge is 0.450 e. The predicted octanol–water partition coefficient (Wildman–Crippen LogP) is 3.09. The van der Waals surface area contributed by atoms with E-state index < -0.39 is 6.09 Å². The van der Waals surface area contributed by atoms with Gasteiger partial charge in [0.1, 0.15) is 6.07 Å². The standard InChI is InChI=1S/C11H11ClN2O2/c1-3-16-11(15)14-10-7(2)4-9(12)5-8(10)6-13/h4-5H,3H2,1-2H3,(H,14,15). The lowest BCUT2D eigenvalue weighted by molar-refractivity contribution is 0.168. The summed E-state index contributed by atoms with van der Waals surface area (Å²) in [6.45, 7) is 3.74. The Hall–Kier alpha value is -1.73. The van der Waals surface area contributed by atoms with Gasteiger partial charge in [0.05, 0.1) is 17.9 Å². The van der Waals surface area contributed by atoms with Gasteiger partial charge in [-0.15, -0.1) is 0 Å². The minimum Gasteiger partial charge on any atom is -0.450 e. The number of carbonyl (C=O) groups excluding carboxylic acids is 1. The lowest BCUT2D eigenvalue weighted by atomic mass is 10.1. The van der Waals surface area contributed by atoms with Crippen molar-refractivity contribution < 1.29 is 9.53 Å². The molecule has 0 bridgehead atoms. The van der Waals surface area contributed by atoms with E-state index in [4.69, 9.17) is 21.6 Å². The van der Waals surface area contributed by atoms with Crippen LogP contribution < -0.4 is 5.32 Å². The van der Waals surface area contributed by atoms with Gasteiger partial charge >= 0.3 is 6.09 Å². The first kappa shape index (κ1) is 12.3. The number of nitrogens with zero attached hydrogens (tertiary/aromatic N) is 1. The number of amides is 1. The number of nitriles is 1. The Bertz CT molecular complexity index is 452. The van der Waals surface area contributed by atoms with Gasteiger partial charge in [0.15, 0.2) is 0 Å². The van der Waals surface area contributed by atoms with Crippen LogP contribution in [0.5, 0.6) is 0 Å². The second-order valence-electron chi connectivity index (χ2n) is 3.10. The van der Waals surface area contributed by atoms with Crippen LogP contribution in [0.25, 0.3) is 0 Å². The Kier molecular flexibility index (Phi) is 4.15. The van der Waals surface area contributed by atoms with Crippen LogP contribution in [-0.4, -0.2) is 12.7 Å². The van der Waals surface area contributed by atoms with Crippen molar-refractivity contribution in [1.29, 1.82) is 5.26 Å². The maximum absolute atomic E-state index is 11.2. The summed E-state index contributed by atoms with van der Waals surface area (Å²) in [4.78, 5) is 11.2. The molecule has 1 amide bonds. The molecule has 1 aromatic carbocycles. The quantitative estimate of drug-likeness (QED) is 0.861. The number of anilines is 1. The summed E-state index contributed by atoms with van der Waals surface area (Å²) in [5.41, 5.74) is 1.47. The number of rotatable bonds is 2. The van der Waals surface area contributed by atoms with Gasteiger partial charge in [0, 0.05) is 5.02 Å². The third-order valence-electron chi connectivity index (χ3n) is 1.92. The van der Waals surface area contributed by atoms with Crippen molar-refractivity contribution in [3.63, 3.8) is 0 Å². The summed E-state index contributed by atoms with van der Waals surface area (Å²) < 4.78 is 4.74. The Balaban J connectivity index is 3.04. The van der Waals surface area contributed by atoms with Crippen molar-refractivity contribution in [2.45, 2.75) is 13.8 Å². The number of benzene rings is 1. The molecule has 0 aliphatic rings. The number of hydrogen-bond donors (Lipinski definition) is 1. The van der Waals surface area contributed by atoms with E-state index in [0.717, 1.165) is 5.56 Å². The predicted molar refractivity (Wildman–Crippen MR) is 61.5 cm³/mol. The molecule has 4 nitrogen and oxygen atoms in total. The van der Waals surface area contributed by atoms with Crippen LogP contribution in [0.3, 0.4) is 0 Å². The molecule has 0 saturated carbocycles. The molecule has 0 spiro atoms. The number of aryl methyl sites for hydroxylation is 1. The van der Waals surface area contributed by atoms with Crippen molar-refractivity contribution in [3.8, 4) is 6.07 Å². The van der Waals surface area contributed by atoms with Gasteiger partial charge in [-0.25, -0.2) is 4.79 Å². The van der Waals surface area contributed by atoms with Crippen LogP contribution >= 0.6 is 11.6 Å². The first-order valence-electron chi connectivity index (χ1n) is 4.72. The molecule has 0 aliphatic carbocycles. The van der Waals surface area contributed by atoms with Crippen molar-refractivity contribution in [2.24, 2.45) is 0 Å². The molecule has 16 heavy (non-hydrogen) atoms. The third-order valence-corrected chi connectivity index (χ3v) is 2.14. The molecule has 0 aliphatic heterocycles. The zero-order chi connectivity index (χ0) is 12.1. The van der Waals surface area contributed by atoms with Gasteiger partial charge in [0.25, 0.3) is 0 Å². The normalized spacial score (nSPS) is 9.38. The van der Waals surface area contributed by atoms with E-state index in [1.165, 1.54) is 6.07 Å². The number of ether oxygens (including phenoxy) is 1. The molecule has 5 heteroatoms. The molecule has 0 atom stereocenters. The van der Waals surface area contributed by atoms with E-state index in [1.54, 1.807) is 19.9 Å². The highest BCUT2D eigenvalue weighted by atomic mass is 35.5. The average Bonchev–Trinajstić information content (AvgIpc) is 2.22. The van der Waals surface area contributed by atoms with Crippen molar-refractivity contribution >= 4 is 23.4 Å². The van der Waals surface area contributed by atoms with Crippen molar-refractivity contribution in [2.75, 3.05) is 11.9 Å². The summed E-state index contributed by atoms with van der Waals surface area (Å²) in [6.07, 6.45) is -0.579. The van der Waals surface area contributed by atoms with Crippen molar-refractivity contribution in [3.05, 3.63) is 28.3 Å². The average molecular weight is 239 g/mol. The fourth-order valence-corrected chi connectivity index (χ4v) is 1.54. The van der Waals surface area contributed by atoms with Crippen LogP contribution in [-0.2, 0) is 4.74 Å². The monoisotopic (exact) mass is 238 g/mol. The molecule has 1 aromatic rings. The molecule has 0 heterocycles. The minimum absolute atomic E-state index is 0.278. The first-order chi connectivity index (χ1) is 7.58. The highest BCUT2D eigenvalue weighted by molar-refractivity contribution is 6.30. The van der Waals surface area contributed by atoms with Crippen LogP contribution in [0.2, 0.25) is 5.02 Å². The first-order valence-corrected chi connectivity index (χ1v) is 5.10. The number of hydrogen-bond acceptors (Lipinski definition) is 3. The summed E-state index contributed by atoms with van der Waals surface area (Å²) >= 11 is 5.80. The van der Waals surface area contributed by atoms with E-state index in [9.17, 15) is 4.79 Å². The molecular formula is C11H11ClN2O2. The zero-order valence-electron chi connectivity index (χ0n) is 9.00. The van der Waals surface area contributed by atoms with Gasteiger partial charge in [-0.05, 0) is 31.5 Å². The van der Waals surface area contributed by atoms with Gasteiger partial charge in [0.2, 0.25) is 0 Å². The summed E-state index contributed by atoms with van der Waals surface area (Å²) in [5, 5.41) is 11.9. The van der Waals surface area contributed by atoms with Gasteiger partial charge in [-0.1, -0.05) is 11.6 Å². The Labute approximate surface area is 98.8 Å². The molecule has 0 saturated heterocycles. The third kappa shape index (κ3) is 2.88. The van der Waals surface area contributed by atoms with Crippen LogP contribution in [0.15, 0.2) is 12.1 Å². The lowest BCUT2D eigenvalue weighted by Crippen LogP contribution is -2.15. The summed E-state index contributed by atoms with van der Waals surface area (Å²) in [5.74, 6) is 0. The van der Waals surface area contributed by atoms with Crippen LogP contribution in [0.4, 0.5) is 10.5 Å². The lowest BCUT2D eigenvalue weighted by Gasteiger charge is -2.10. The van der Waals surface area contributed by atoms with Gasteiger partial charge in [-0.3, -0.25) is 5.32 Å². The highest BCUT2D eigenvalue weighted by Crippen LogP contribution is 2.24. The minimum atomic E-state index is -0.579. The fourth-order valence-electron chi connectivity index (χ4n) is 1.27. The topological polar surface area (TPSA) is 62.1 Å². The molecular weight excluding hydrogens is 228 g/mol. The molecule has 0 fully saturated rings. The maximum Gasteiger partial charge on any atom is 0.411 e. The Morgan fingerprint density at radius 3 is 2.88 bits per heavy atom. The van der Waals surface area contributed by atoms with E-state index in [2.05, 4.69) is 5.32 Å². The molecule has 84 valence electrons. The highest BCUT2D eigenvalue weighted by Gasteiger charge is 2.11. The number of halogens is 1. The Morgan fingerprint density at radius 2 is 2.31 bits per heavy atom. The number of nitrogens with one attached hydrogen (secondary N) is 1. The van der Waals surface area contributed by atoms with E-state index >= 15 is 0 Å². The second kappa shape index (κ2) is 5.38. The Morgan fingerprint density at radius 1 is 1.62 bits per heavy atom. The van der Waals surface area contributed by atoms with E-state index in [0.29, 0.717) is 16.3 Å². The van der Waals surface area contributed by atoms with Gasteiger partial charge in [-0.2, -0.15) is 5.26 Å². The maximum atomic E-state index is 11.2. The summed E-state index contributed by atoms with van der Waals surface area (Å²) in [7, 11) is 0. The van der Waals surface area contributed by atoms with Crippen LogP contribution in [0, 0.1) is 18.3 Å². The fraction of sp³-hybridized carbons (Fsp3) is 0.273. The molecule has 1 rings (SSSR count).